The van der Waals surface area contributed by atoms with Gasteiger partial charge in [0.25, 0.3) is 15.9 Å². The van der Waals surface area contributed by atoms with Crippen LogP contribution in [-0.2, 0) is 16.4 Å². The van der Waals surface area contributed by atoms with E-state index in [9.17, 15) is 13.2 Å². The molecule has 1 aliphatic heterocycles. The van der Waals surface area contributed by atoms with E-state index in [-0.39, 0.29) is 16.5 Å². The summed E-state index contributed by atoms with van der Waals surface area (Å²) >= 11 is 0. The van der Waals surface area contributed by atoms with Crippen LogP contribution < -0.4 is 19.5 Å². The van der Waals surface area contributed by atoms with Gasteiger partial charge in [0.2, 0.25) is 0 Å². The quantitative estimate of drug-likeness (QED) is 0.576. The van der Waals surface area contributed by atoms with Gasteiger partial charge in [-0.1, -0.05) is 25.1 Å². The van der Waals surface area contributed by atoms with Gasteiger partial charge in [-0.15, -0.1) is 0 Å². The van der Waals surface area contributed by atoms with Crippen LogP contribution in [0, 0.1) is 0 Å². The van der Waals surface area contributed by atoms with E-state index in [1.165, 1.54) is 18.2 Å². The topological polar surface area (TPSA) is 93.7 Å². The van der Waals surface area contributed by atoms with Crippen LogP contribution in [0.1, 0.15) is 29.3 Å². The molecule has 1 amide bonds. The van der Waals surface area contributed by atoms with Crippen molar-refractivity contribution >= 4 is 27.3 Å². The van der Waals surface area contributed by atoms with Gasteiger partial charge in [0.15, 0.2) is 11.5 Å². The first-order chi connectivity index (χ1) is 15.4. The molecule has 166 valence electrons. The van der Waals surface area contributed by atoms with Crippen molar-refractivity contribution in [3.05, 3.63) is 77.9 Å². The Morgan fingerprint density at radius 2 is 1.66 bits per heavy atom. The summed E-state index contributed by atoms with van der Waals surface area (Å²) in [6.07, 6.45) is 1.59. The maximum Gasteiger partial charge on any atom is 0.262 e. The normalized spacial score (nSPS) is 13.2. The van der Waals surface area contributed by atoms with Crippen molar-refractivity contribution in [2.75, 3.05) is 23.3 Å². The first-order valence-corrected chi connectivity index (χ1v) is 11.9. The van der Waals surface area contributed by atoms with Crippen molar-refractivity contribution in [3.8, 4) is 11.5 Å². The van der Waals surface area contributed by atoms with E-state index in [0.29, 0.717) is 36.0 Å². The number of nitrogens with one attached hydrogen (secondary N) is 2. The lowest BCUT2D eigenvalue weighted by molar-refractivity contribution is 0.102. The summed E-state index contributed by atoms with van der Waals surface area (Å²) in [6.45, 7) is 3.02. The van der Waals surface area contributed by atoms with Crippen LogP contribution in [0.15, 0.2) is 71.6 Å². The Morgan fingerprint density at radius 3 is 2.47 bits per heavy atom. The minimum absolute atomic E-state index is 0.0491. The number of aryl methyl sites for hydroxylation is 1. The van der Waals surface area contributed by atoms with Gasteiger partial charge in [-0.3, -0.25) is 9.52 Å². The van der Waals surface area contributed by atoms with Crippen LogP contribution in [0.5, 0.6) is 11.5 Å². The van der Waals surface area contributed by atoms with Crippen molar-refractivity contribution in [1.82, 2.24) is 0 Å². The van der Waals surface area contributed by atoms with E-state index >= 15 is 0 Å². The number of hydrogen-bond donors (Lipinski definition) is 2. The monoisotopic (exact) mass is 452 g/mol. The lowest BCUT2D eigenvalue weighted by Gasteiger charge is -2.12. The minimum atomic E-state index is -3.89. The number of amides is 1. The number of carbonyl (C=O) groups is 1. The molecular formula is C24H24N2O5S. The fourth-order valence-corrected chi connectivity index (χ4v) is 4.39. The second-order valence-electron chi connectivity index (χ2n) is 7.35. The molecule has 1 aliphatic rings. The summed E-state index contributed by atoms with van der Waals surface area (Å²) in [4.78, 5) is 12.7. The Labute approximate surface area is 187 Å². The molecular weight excluding hydrogens is 428 g/mol. The largest absolute Gasteiger partial charge is 0.490 e. The average molecular weight is 453 g/mol. The summed E-state index contributed by atoms with van der Waals surface area (Å²) in [5.41, 5.74) is 2.42. The van der Waals surface area contributed by atoms with E-state index in [4.69, 9.17) is 9.47 Å². The van der Waals surface area contributed by atoms with Gasteiger partial charge in [0.05, 0.1) is 18.1 Å². The van der Waals surface area contributed by atoms with Gasteiger partial charge in [-0.05, 0) is 54.4 Å². The average Bonchev–Trinajstić information content (AvgIpc) is 3.04. The van der Waals surface area contributed by atoms with Gasteiger partial charge in [0.1, 0.15) is 0 Å². The molecule has 7 nitrogen and oxygen atoms in total. The highest BCUT2D eigenvalue weighted by atomic mass is 32.2. The van der Waals surface area contributed by atoms with Crippen LogP contribution >= 0.6 is 0 Å². The molecule has 3 aromatic carbocycles. The number of rotatable bonds is 6. The Balaban J connectivity index is 1.52. The summed E-state index contributed by atoms with van der Waals surface area (Å²) in [5, 5.41) is 2.85. The summed E-state index contributed by atoms with van der Waals surface area (Å²) < 4.78 is 39.5. The van der Waals surface area contributed by atoms with Crippen molar-refractivity contribution < 1.29 is 22.7 Å². The molecule has 4 rings (SSSR count). The van der Waals surface area contributed by atoms with E-state index < -0.39 is 10.0 Å². The van der Waals surface area contributed by atoms with E-state index in [1.807, 2.05) is 31.2 Å². The van der Waals surface area contributed by atoms with Gasteiger partial charge in [-0.25, -0.2) is 8.42 Å². The Morgan fingerprint density at radius 1 is 0.906 bits per heavy atom. The third-order valence-corrected chi connectivity index (χ3v) is 6.38. The highest BCUT2D eigenvalue weighted by Gasteiger charge is 2.19. The highest BCUT2D eigenvalue weighted by Crippen LogP contribution is 2.32. The standard InChI is InChI=1S/C24H24N2O5S/c1-2-17-6-3-8-19(14-17)25-24(27)18-7-4-9-20(15-18)26-32(28,29)21-10-11-22-23(16-21)31-13-5-12-30-22/h3-4,6-11,14-16,26H,2,5,12-13H2,1H3,(H,25,27). The summed E-state index contributed by atoms with van der Waals surface area (Å²) in [7, 11) is -3.89. The Bertz CT molecular complexity index is 1240. The molecule has 0 aliphatic carbocycles. The molecule has 32 heavy (non-hydrogen) atoms. The summed E-state index contributed by atoms with van der Waals surface area (Å²) in [5.74, 6) is 0.593. The molecule has 8 heteroatoms. The molecule has 0 aromatic heterocycles. The van der Waals surface area contributed by atoms with Gasteiger partial charge in [0, 0.05) is 29.4 Å². The lowest BCUT2D eigenvalue weighted by atomic mass is 10.1. The smallest absolute Gasteiger partial charge is 0.262 e. The van der Waals surface area contributed by atoms with E-state index in [1.54, 1.807) is 24.3 Å². The SMILES string of the molecule is CCc1cccc(NC(=O)c2cccc(NS(=O)(=O)c3ccc4c(c3)OCCCO4)c2)c1. The molecule has 0 saturated heterocycles. The number of fused-ring (bicyclic) bond motifs is 1. The van der Waals surface area contributed by atoms with Crippen molar-refractivity contribution in [2.24, 2.45) is 0 Å². The molecule has 1 heterocycles. The molecule has 2 N–H and O–H groups in total. The number of carbonyl (C=O) groups excluding carboxylic acids is 1. The molecule has 0 fully saturated rings. The zero-order chi connectivity index (χ0) is 22.6. The number of hydrogen-bond acceptors (Lipinski definition) is 5. The Hall–Kier alpha value is -3.52. The van der Waals surface area contributed by atoms with Crippen LogP contribution in [-0.4, -0.2) is 27.5 Å². The lowest BCUT2D eigenvalue weighted by Crippen LogP contribution is -2.15. The zero-order valence-corrected chi connectivity index (χ0v) is 18.4. The highest BCUT2D eigenvalue weighted by molar-refractivity contribution is 7.92. The molecule has 0 unspecified atom stereocenters. The van der Waals surface area contributed by atoms with E-state index in [0.717, 1.165) is 18.4 Å². The molecule has 0 spiro atoms. The van der Waals surface area contributed by atoms with E-state index in [2.05, 4.69) is 10.0 Å². The third-order valence-electron chi connectivity index (χ3n) is 5.00. The third kappa shape index (κ3) is 5.03. The number of sulfonamides is 1. The van der Waals surface area contributed by atoms with Crippen LogP contribution in [0.4, 0.5) is 11.4 Å². The fourth-order valence-electron chi connectivity index (χ4n) is 3.32. The van der Waals surface area contributed by atoms with Gasteiger partial charge < -0.3 is 14.8 Å². The van der Waals surface area contributed by atoms with Crippen LogP contribution in [0.25, 0.3) is 0 Å². The maximum atomic E-state index is 12.9. The van der Waals surface area contributed by atoms with Gasteiger partial charge >= 0.3 is 0 Å². The molecule has 0 saturated carbocycles. The maximum absolute atomic E-state index is 12.9. The van der Waals surface area contributed by atoms with Crippen molar-refractivity contribution in [2.45, 2.75) is 24.7 Å². The first-order valence-electron chi connectivity index (χ1n) is 10.4. The molecule has 3 aromatic rings. The van der Waals surface area contributed by atoms with Crippen LogP contribution in [0.2, 0.25) is 0 Å². The van der Waals surface area contributed by atoms with Crippen molar-refractivity contribution in [1.29, 1.82) is 0 Å². The predicted molar refractivity (Wildman–Crippen MR) is 123 cm³/mol. The molecule has 0 bridgehead atoms. The molecule has 0 radical (unpaired) electrons. The van der Waals surface area contributed by atoms with Gasteiger partial charge in [-0.2, -0.15) is 0 Å². The number of benzene rings is 3. The Kier molecular flexibility index (Phi) is 6.32. The molecule has 0 atom stereocenters. The van der Waals surface area contributed by atoms with Crippen LogP contribution in [0.3, 0.4) is 0 Å². The van der Waals surface area contributed by atoms with Crippen molar-refractivity contribution in [3.63, 3.8) is 0 Å². The first kappa shape index (κ1) is 21.7. The second kappa shape index (κ2) is 9.32. The number of anilines is 2. The number of ether oxygens (including phenoxy) is 2. The second-order valence-corrected chi connectivity index (χ2v) is 9.04. The summed E-state index contributed by atoms with van der Waals surface area (Å²) in [6, 6.07) is 18.4. The minimum Gasteiger partial charge on any atom is -0.490 e. The fraction of sp³-hybridized carbons (Fsp3) is 0.208. The predicted octanol–water partition coefficient (Wildman–Crippen LogP) is 4.46. The zero-order valence-electron chi connectivity index (χ0n) is 17.6.